The van der Waals surface area contributed by atoms with E-state index in [0.717, 1.165) is 52.4 Å². The lowest BCUT2D eigenvalue weighted by molar-refractivity contribution is 0.575. The molecular weight excluding hydrogens is 584 g/mol. The van der Waals surface area contributed by atoms with Crippen LogP contribution in [0.1, 0.15) is 0 Å². The van der Waals surface area contributed by atoms with Gasteiger partial charge in [0.1, 0.15) is 0 Å². The second-order valence-electron chi connectivity index (χ2n) is 4.22. The first-order chi connectivity index (χ1) is 9.00. The second kappa shape index (κ2) is 28.3. The van der Waals surface area contributed by atoms with E-state index in [2.05, 4.69) is 44.8 Å². The zero-order valence-corrected chi connectivity index (χ0v) is 21.4. The average Bonchev–Trinajstić information content (AvgIpc) is 2.39. The van der Waals surface area contributed by atoms with Crippen molar-refractivity contribution in [2.45, 2.75) is 0 Å². The van der Waals surface area contributed by atoms with Crippen LogP contribution in [0.2, 0.25) is 0 Å². The number of rotatable bonds is 0. The van der Waals surface area contributed by atoms with E-state index in [0.29, 0.717) is 0 Å². The summed E-state index contributed by atoms with van der Waals surface area (Å²) in [5, 5.41) is 13.8. The first kappa shape index (κ1) is 32.2. The second-order valence-corrected chi connectivity index (χ2v) is 6.67. The molecule has 4 N–H and O–H groups in total. The maximum absolute atomic E-state index is 3.47. The number of hydrogen-bond donors (Lipinski definition) is 4. The van der Waals surface area contributed by atoms with Gasteiger partial charge in [0.05, 0.1) is 0 Å². The molecule has 0 aromatic rings. The molecule has 0 saturated carbocycles. The topological polar surface area (TPSA) is 48.1 Å². The van der Waals surface area contributed by atoms with Crippen molar-refractivity contribution in [1.82, 2.24) is 21.3 Å². The van der Waals surface area contributed by atoms with Gasteiger partial charge >= 0.3 is 0 Å². The summed E-state index contributed by atoms with van der Waals surface area (Å²) in [7, 11) is 0. The van der Waals surface area contributed by atoms with Crippen LogP contribution in [0.25, 0.3) is 0 Å². The number of thioether (sulfide) groups is 2. The Balaban J connectivity index is -0.000000405. The van der Waals surface area contributed by atoms with Crippen molar-refractivity contribution < 1.29 is 0 Å². The number of nitrogens with one attached hydrogen (secondary N) is 4. The molecular formula is C12H32Br4N4S2. The zero-order valence-electron chi connectivity index (χ0n) is 12.9. The Morgan fingerprint density at radius 2 is 0.636 bits per heavy atom. The highest BCUT2D eigenvalue weighted by Gasteiger charge is 1.94. The van der Waals surface area contributed by atoms with E-state index in [4.69, 9.17) is 0 Å². The molecule has 1 fully saturated rings. The van der Waals surface area contributed by atoms with Crippen molar-refractivity contribution in [3.05, 3.63) is 0 Å². The van der Waals surface area contributed by atoms with Gasteiger partial charge < -0.3 is 21.3 Å². The average molecular weight is 616 g/mol. The van der Waals surface area contributed by atoms with Crippen molar-refractivity contribution >= 4 is 91.4 Å². The highest BCUT2D eigenvalue weighted by molar-refractivity contribution is 8.93. The van der Waals surface area contributed by atoms with Crippen LogP contribution in [0.3, 0.4) is 0 Å². The molecule has 0 bridgehead atoms. The summed E-state index contributed by atoms with van der Waals surface area (Å²) < 4.78 is 0. The predicted octanol–water partition coefficient (Wildman–Crippen LogP) is 2.14. The lowest BCUT2D eigenvalue weighted by Crippen LogP contribution is -2.35. The third-order valence-electron chi connectivity index (χ3n) is 2.65. The lowest BCUT2D eigenvalue weighted by atomic mass is 10.5. The van der Waals surface area contributed by atoms with Crippen LogP contribution in [0.4, 0.5) is 0 Å². The van der Waals surface area contributed by atoms with Gasteiger partial charge in [-0.05, 0) is 0 Å². The van der Waals surface area contributed by atoms with E-state index in [1.54, 1.807) is 0 Å². The van der Waals surface area contributed by atoms with Gasteiger partial charge in [-0.2, -0.15) is 23.5 Å². The number of hydrogen-bond acceptors (Lipinski definition) is 6. The molecule has 0 spiro atoms. The monoisotopic (exact) mass is 612 g/mol. The zero-order chi connectivity index (χ0) is 12.7. The van der Waals surface area contributed by atoms with Gasteiger partial charge in [-0.15, -0.1) is 67.9 Å². The third kappa shape index (κ3) is 24.7. The van der Waals surface area contributed by atoms with Gasteiger partial charge in [-0.1, -0.05) is 0 Å². The minimum Gasteiger partial charge on any atom is -0.315 e. The first-order valence-electron chi connectivity index (χ1n) is 6.98. The summed E-state index contributed by atoms with van der Waals surface area (Å²) in [5.74, 6) is 5.04. The van der Waals surface area contributed by atoms with Crippen molar-refractivity contribution in [1.29, 1.82) is 0 Å². The summed E-state index contributed by atoms with van der Waals surface area (Å²) in [4.78, 5) is 0. The molecule has 1 aliphatic rings. The molecule has 0 unspecified atom stereocenters. The highest BCUT2D eigenvalue weighted by atomic mass is 79.9. The van der Waals surface area contributed by atoms with E-state index >= 15 is 0 Å². The Morgan fingerprint density at radius 3 is 0.955 bits per heavy atom. The molecule has 22 heavy (non-hydrogen) atoms. The van der Waals surface area contributed by atoms with Gasteiger partial charge in [0.2, 0.25) is 0 Å². The summed E-state index contributed by atoms with van der Waals surface area (Å²) in [6.45, 7) is 8.70. The Bertz CT molecular complexity index is 112. The van der Waals surface area contributed by atoms with E-state index in [1.807, 2.05) is 0 Å². The molecule has 1 saturated heterocycles. The van der Waals surface area contributed by atoms with Crippen LogP contribution in [0, 0.1) is 0 Å². The van der Waals surface area contributed by atoms with Gasteiger partial charge in [0, 0.05) is 75.4 Å². The Hall–Kier alpha value is 2.46. The van der Waals surface area contributed by atoms with E-state index in [-0.39, 0.29) is 67.9 Å². The normalized spacial score (nSPS) is 19.6. The molecule has 140 valence electrons. The van der Waals surface area contributed by atoms with Crippen molar-refractivity contribution in [2.24, 2.45) is 0 Å². The standard InChI is InChI=1S/C12H28N4S2.4BrH/c1-2-14-4-6-16-8-10-18-12-11-17-9-7-15-5-3-13-1;;;;/h13-16H,1-12H2;4*1H. The Kier molecular flexibility index (Phi) is 41.3. The van der Waals surface area contributed by atoms with Gasteiger partial charge in [0.25, 0.3) is 0 Å². The molecule has 0 aromatic carbocycles. The van der Waals surface area contributed by atoms with Crippen molar-refractivity contribution in [3.8, 4) is 0 Å². The fraction of sp³-hybridized carbons (Fsp3) is 1.00. The largest absolute Gasteiger partial charge is 0.315 e. The fourth-order valence-corrected chi connectivity index (χ4v) is 3.57. The molecule has 0 amide bonds. The molecule has 1 heterocycles. The van der Waals surface area contributed by atoms with E-state index < -0.39 is 0 Å². The molecule has 0 atom stereocenters. The molecule has 4 nitrogen and oxygen atoms in total. The Labute approximate surface area is 186 Å². The minimum atomic E-state index is 0. The fourth-order valence-electron chi connectivity index (χ4n) is 1.64. The minimum absolute atomic E-state index is 0. The van der Waals surface area contributed by atoms with Crippen LogP contribution in [0.15, 0.2) is 0 Å². The molecule has 10 heteroatoms. The molecule has 0 aliphatic carbocycles. The van der Waals surface area contributed by atoms with Gasteiger partial charge in [-0.25, -0.2) is 0 Å². The van der Waals surface area contributed by atoms with Crippen LogP contribution in [-0.2, 0) is 0 Å². The van der Waals surface area contributed by atoms with Crippen molar-refractivity contribution in [3.63, 3.8) is 0 Å². The summed E-state index contributed by atoms with van der Waals surface area (Å²) in [5.41, 5.74) is 0. The Morgan fingerprint density at radius 1 is 0.364 bits per heavy atom. The molecule has 1 aliphatic heterocycles. The SMILES string of the molecule is Br.Br.Br.Br.C1CNCCNCCSCCSCCNCCN1. The van der Waals surface area contributed by atoms with Crippen LogP contribution in [-0.4, -0.2) is 75.4 Å². The quantitative estimate of drug-likeness (QED) is 0.335. The number of halogens is 4. The van der Waals surface area contributed by atoms with Crippen LogP contribution >= 0.6 is 91.4 Å². The smallest absolute Gasteiger partial charge is 0.00772 e. The summed E-state index contributed by atoms with van der Waals surface area (Å²) >= 11 is 4.12. The molecule has 0 aromatic heterocycles. The highest BCUT2D eigenvalue weighted by Crippen LogP contribution is 2.05. The van der Waals surface area contributed by atoms with Crippen LogP contribution < -0.4 is 21.3 Å². The molecule has 1 rings (SSSR count). The lowest BCUT2D eigenvalue weighted by Gasteiger charge is -2.09. The van der Waals surface area contributed by atoms with Crippen molar-refractivity contribution in [2.75, 3.05) is 75.4 Å². The van der Waals surface area contributed by atoms with Crippen LogP contribution in [0.5, 0.6) is 0 Å². The van der Waals surface area contributed by atoms with E-state index in [9.17, 15) is 0 Å². The molecule has 0 radical (unpaired) electrons. The van der Waals surface area contributed by atoms with E-state index in [1.165, 1.54) is 23.0 Å². The maximum Gasteiger partial charge on any atom is 0.00772 e. The predicted molar refractivity (Wildman–Crippen MR) is 127 cm³/mol. The first-order valence-corrected chi connectivity index (χ1v) is 9.29. The maximum atomic E-state index is 3.47. The van der Waals surface area contributed by atoms with Gasteiger partial charge in [0.15, 0.2) is 0 Å². The summed E-state index contributed by atoms with van der Waals surface area (Å²) in [6, 6.07) is 0. The third-order valence-corrected chi connectivity index (χ3v) is 4.88. The van der Waals surface area contributed by atoms with Gasteiger partial charge in [-0.3, -0.25) is 0 Å². The summed E-state index contributed by atoms with van der Waals surface area (Å²) in [6.07, 6.45) is 0.